The Bertz CT molecular complexity index is 460. The number of sulfonamides is 1. The van der Waals surface area contributed by atoms with E-state index in [9.17, 15) is 12.8 Å². The smallest absolute Gasteiger partial charge is 0.240 e. The first-order chi connectivity index (χ1) is 7.92. The Morgan fingerprint density at radius 1 is 1.47 bits per heavy atom. The van der Waals surface area contributed by atoms with Gasteiger partial charge in [0.1, 0.15) is 5.82 Å². The highest BCUT2D eigenvalue weighted by Crippen LogP contribution is 2.10. The highest BCUT2D eigenvalue weighted by molar-refractivity contribution is 7.89. The zero-order valence-electron chi connectivity index (χ0n) is 9.56. The van der Waals surface area contributed by atoms with Gasteiger partial charge in [-0.3, -0.25) is 0 Å². The molecule has 1 unspecified atom stereocenters. The quantitative estimate of drug-likeness (QED) is 0.758. The van der Waals surface area contributed by atoms with Crippen LogP contribution >= 0.6 is 0 Å². The van der Waals surface area contributed by atoms with E-state index in [0.29, 0.717) is 12.8 Å². The third-order valence-electron chi connectivity index (χ3n) is 2.20. The molecule has 0 heterocycles. The van der Waals surface area contributed by atoms with Crippen molar-refractivity contribution < 1.29 is 17.9 Å². The zero-order valence-corrected chi connectivity index (χ0v) is 10.4. The molecule has 1 aromatic carbocycles. The lowest BCUT2D eigenvalue weighted by Gasteiger charge is -2.07. The number of aliphatic hydroxyl groups is 1. The summed E-state index contributed by atoms with van der Waals surface area (Å²) in [6.45, 7) is 1.87. The average molecular weight is 261 g/mol. The summed E-state index contributed by atoms with van der Waals surface area (Å²) in [5, 5.41) is 9.01. The largest absolute Gasteiger partial charge is 0.393 e. The van der Waals surface area contributed by atoms with Crippen LogP contribution in [0, 0.1) is 5.82 Å². The minimum Gasteiger partial charge on any atom is -0.393 e. The van der Waals surface area contributed by atoms with Crippen LogP contribution < -0.4 is 4.72 Å². The van der Waals surface area contributed by atoms with Gasteiger partial charge < -0.3 is 5.11 Å². The standard InChI is InChI=1S/C11H16FNO3S/c1-9(14)4-3-7-13-17(15,16)11-6-2-5-10(12)8-11/h2,5-6,8-9,13-14H,3-4,7H2,1H3. The van der Waals surface area contributed by atoms with Crippen LogP contribution in [0.1, 0.15) is 19.8 Å². The lowest BCUT2D eigenvalue weighted by molar-refractivity contribution is 0.182. The van der Waals surface area contributed by atoms with E-state index >= 15 is 0 Å². The van der Waals surface area contributed by atoms with Crippen molar-refractivity contribution in [3.05, 3.63) is 30.1 Å². The van der Waals surface area contributed by atoms with Gasteiger partial charge in [-0.2, -0.15) is 0 Å². The van der Waals surface area contributed by atoms with Crippen LogP contribution in [-0.4, -0.2) is 26.2 Å². The molecule has 2 N–H and O–H groups in total. The van der Waals surface area contributed by atoms with Gasteiger partial charge in [-0.1, -0.05) is 6.07 Å². The summed E-state index contributed by atoms with van der Waals surface area (Å²) < 4.78 is 38.6. The Hall–Kier alpha value is -0.980. The van der Waals surface area contributed by atoms with E-state index in [0.717, 1.165) is 6.07 Å². The first-order valence-corrected chi connectivity index (χ1v) is 6.83. The molecule has 0 amide bonds. The van der Waals surface area contributed by atoms with E-state index in [1.807, 2.05) is 0 Å². The minimum absolute atomic E-state index is 0.0884. The van der Waals surface area contributed by atoms with Crippen LogP contribution in [0.4, 0.5) is 4.39 Å². The first kappa shape index (κ1) is 14.1. The maximum atomic E-state index is 12.9. The normalized spacial score (nSPS) is 13.6. The number of hydrogen-bond acceptors (Lipinski definition) is 3. The molecule has 0 aliphatic rings. The summed E-state index contributed by atoms with van der Waals surface area (Å²) in [4.78, 5) is -0.0884. The summed E-state index contributed by atoms with van der Waals surface area (Å²) in [6, 6.07) is 4.84. The van der Waals surface area contributed by atoms with Gasteiger partial charge in [-0.05, 0) is 38.0 Å². The van der Waals surface area contributed by atoms with E-state index in [2.05, 4.69) is 4.72 Å². The molecule has 1 rings (SSSR count). The molecule has 1 atom stereocenters. The molecule has 0 spiro atoms. The van der Waals surface area contributed by atoms with E-state index in [4.69, 9.17) is 5.11 Å². The second-order valence-electron chi connectivity index (χ2n) is 3.85. The molecule has 0 fully saturated rings. The van der Waals surface area contributed by atoms with E-state index in [1.54, 1.807) is 6.92 Å². The molecular formula is C11H16FNO3S. The molecule has 17 heavy (non-hydrogen) atoms. The summed E-state index contributed by atoms with van der Waals surface area (Å²) >= 11 is 0. The number of benzene rings is 1. The van der Waals surface area contributed by atoms with Crippen molar-refractivity contribution in [1.82, 2.24) is 4.72 Å². The summed E-state index contributed by atoms with van der Waals surface area (Å²) in [6.07, 6.45) is 0.603. The predicted octanol–water partition coefficient (Wildman–Crippen LogP) is 1.26. The topological polar surface area (TPSA) is 66.4 Å². The number of hydrogen-bond donors (Lipinski definition) is 2. The van der Waals surface area contributed by atoms with Crippen LogP contribution in [0.5, 0.6) is 0 Å². The van der Waals surface area contributed by atoms with Crippen LogP contribution in [0.2, 0.25) is 0 Å². The molecule has 6 heteroatoms. The molecule has 0 aromatic heterocycles. The maximum absolute atomic E-state index is 12.9. The molecule has 1 aromatic rings. The monoisotopic (exact) mass is 261 g/mol. The predicted molar refractivity (Wildman–Crippen MR) is 62.5 cm³/mol. The third-order valence-corrected chi connectivity index (χ3v) is 3.66. The number of nitrogens with one attached hydrogen (secondary N) is 1. The second kappa shape index (κ2) is 6.09. The molecule has 0 aliphatic carbocycles. The molecular weight excluding hydrogens is 245 g/mol. The van der Waals surface area contributed by atoms with Crippen molar-refractivity contribution in [3.8, 4) is 0 Å². The number of aliphatic hydroxyl groups excluding tert-OH is 1. The Labute approximate surface area is 101 Å². The van der Waals surface area contributed by atoms with Gasteiger partial charge in [0.25, 0.3) is 0 Å². The number of halogens is 1. The molecule has 4 nitrogen and oxygen atoms in total. The summed E-state index contributed by atoms with van der Waals surface area (Å²) in [5.74, 6) is -0.586. The highest BCUT2D eigenvalue weighted by Gasteiger charge is 2.13. The number of rotatable bonds is 6. The highest BCUT2D eigenvalue weighted by atomic mass is 32.2. The molecule has 0 radical (unpaired) electrons. The molecule has 0 bridgehead atoms. The van der Waals surface area contributed by atoms with Crippen molar-refractivity contribution in [2.45, 2.75) is 30.8 Å². The minimum atomic E-state index is -3.65. The first-order valence-electron chi connectivity index (χ1n) is 5.35. The summed E-state index contributed by atoms with van der Waals surface area (Å²) in [5.41, 5.74) is 0. The SMILES string of the molecule is CC(O)CCCNS(=O)(=O)c1cccc(F)c1. The fourth-order valence-corrected chi connectivity index (χ4v) is 2.43. The lowest BCUT2D eigenvalue weighted by atomic mass is 10.2. The van der Waals surface area contributed by atoms with Gasteiger partial charge in [0, 0.05) is 6.54 Å². The van der Waals surface area contributed by atoms with Gasteiger partial charge in [0.15, 0.2) is 0 Å². The van der Waals surface area contributed by atoms with Gasteiger partial charge in [-0.15, -0.1) is 0 Å². The van der Waals surface area contributed by atoms with E-state index in [-0.39, 0.29) is 11.4 Å². The Balaban J connectivity index is 2.57. The Morgan fingerprint density at radius 2 is 2.18 bits per heavy atom. The van der Waals surface area contributed by atoms with Crippen molar-refractivity contribution in [2.75, 3.05) is 6.54 Å². The lowest BCUT2D eigenvalue weighted by Crippen LogP contribution is -2.25. The molecule has 0 saturated carbocycles. The van der Waals surface area contributed by atoms with Crippen LogP contribution in [-0.2, 0) is 10.0 Å². The fraction of sp³-hybridized carbons (Fsp3) is 0.455. The average Bonchev–Trinajstić information content (AvgIpc) is 2.24. The van der Waals surface area contributed by atoms with Crippen molar-refractivity contribution in [2.24, 2.45) is 0 Å². The van der Waals surface area contributed by atoms with Gasteiger partial charge in [0.05, 0.1) is 11.0 Å². The molecule has 0 saturated heterocycles. The third kappa shape index (κ3) is 4.80. The second-order valence-corrected chi connectivity index (χ2v) is 5.61. The molecule has 0 aliphatic heterocycles. The van der Waals surface area contributed by atoms with Crippen LogP contribution in [0.3, 0.4) is 0 Å². The zero-order chi connectivity index (χ0) is 12.9. The van der Waals surface area contributed by atoms with E-state index in [1.165, 1.54) is 18.2 Å². The summed E-state index contributed by atoms with van der Waals surface area (Å²) in [7, 11) is -3.65. The maximum Gasteiger partial charge on any atom is 0.240 e. The van der Waals surface area contributed by atoms with Gasteiger partial charge in [-0.25, -0.2) is 17.5 Å². The Kier molecular flexibility index (Phi) is 5.04. The van der Waals surface area contributed by atoms with Crippen LogP contribution in [0.15, 0.2) is 29.2 Å². The van der Waals surface area contributed by atoms with E-state index < -0.39 is 21.9 Å². The van der Waals surface area contributed by atoms with Gasteiger partial charge >= 0.3 is 0 Å². The van der Waals surface area contributed by atoms with Crippen LogP contribution in [0.25, 0.3) is 0 Å². The van der Waals surface area contributed by atoms with Crippen molar-refractivity contribution in [3.63, 3.8) is 0 Å². The fourth-order valence-electron chi connectivity index (χ4n) is 1.32. The molecule has 96 valence electrons. The van der Waals surface area contributed by atoms with Gasteiger partial charge in [0.2, 0.25) is 10.0 Å². The van der Waals surface area contributed by atoms with Crippen molar-refractivity contribution in [1.29, 1.82) is 0 Å². The Morgan fingerprint density at radius 3 is 2.76 bits per heavy atom. The van der Waals surface area contributed by atoms with Crippen molar-refractivity contribution >= 4 is 10.0 Å².